The van der Waals surface area contributed by atoms with Crippen LogP contribution in [0.4, 0.5) is 5.95 Å². The van der Waals surface area contributed by atoms with Crippen molar-refractivity contribution in [3.05, 3.63) is 29.8 Å². The maximum atomic E-state index is 9.56. The summed E-state index contributed by atoms with van der Waals surface area (Å²) in [7, 11) is -1.98. The summed E-state index contributed by atoms with van der Waals surface area (Å²) in [5, 5.41) is 9.64. The molecule has 0 spiro atoms. The van der Waals surface area contributed by atoms with Crippen LogP contribution in [0.3, 0.4) is 0 Å². The summed E-state index contributed by atoms with van der Waals surface area (Å²) in [6.45, 7) is 10.7. The van der Waals surface area contributed by atoms with Gasteiger partial charge in [-0.3, -0.25) is 0 Å². The minimum Gasteiger partial charge on any atom is -0.545 e. The number of aliphatic hydroxyl groups excluding tert-OH is 1. The summed E-state index contributed by atoms with van der Waals surface area (Å²) in [5.41, 5.74) is 6.29. The minimum absolute atomic E-state index is 0.0796. The van der Waals surface area contributed by atoms with Crippen LogP contribution in [-0.4, -0.2) is 36.1 Å². The van der Waals surface area contributed by atoms with Crippen LogP contribution in [0, 0.1) is 0 Å². The number of nitrogens with two attached hydrogens (primary N) is 1. The lowest BCUT2D eigenvalue weighted by Gasteiger charge is -2.37. The molecular weight excluding hydrogens is 298 g/mol. The molecule has 1 aromatic heterocycles. The van der Waals surface area contributed by atoms with E-state index in [0.29, 0.717) is 5.76 Å². The van der Waals surface area contributed by atoms with Crippen LogP contribution >= 0.6 is 0 Å². The molecule has 3 N–H and O–H groups in total. The topological polar surface area (TPSA) is 90.5 Å². The van der Waals surface area contributed by atoms with Gasteiger partial charge in [0.25, 0.3) is 0 Å². The number of nitrogens with zero attached hydrogens (tertiary/aromatic N) is 2. The van der Waals surface area contributed by atoms with E-state index in [2.05, 4.69) is 43.8 Å². The Hall–Kier alpha value is -1.44. The van der Waals surface area contributed by atoms with E-state index in [1.807, 2.05) is 6.08 Å². The Balaban J connectivity index is 2.22. The number of rotatable bonds is 4. The first kappa shape index (κ1) is 16.9. The number of anilines is 1. The van der Waals surface area contributed by atoms with E-state index in [9.17, 15) is 5.11 Å². The van der Waals surface area contributed by atoms with E-state index in [-0.39, 0.29) is 23.7 Å². The lowest BCUT2D eigenvalue weighted by molar-refractivity contribution is 0.00681. The van der Waals surface area contributed by atoms with Gasteiger partial charge in [0.05, 0.1) is 6.61 Å². The predicted octanol–water partition coefficient (Wildman–Crippen LogP) is 2.40. The predicted molar refractivity (Wildman–Crippen MR) is 87.5 cm³/mol. The van der Waals surface area contributed by atoms with Crippen LogP contribution in [-0.2, 0) is 9.16 Å². The van der Waals surface area contributed by atoms with Gasteiger partial charge >= 0.3 is 0 Å². The maximum Gasteiger partial charge on any atom is 0.250 e. The van der Waals surface area contributed by atoms with Crippen LogP contribution in [0.15, 0.2) is 24.2 Å². The highest BCUT2D eigenvalue weighted by molar-refractivity contribution is 6.74. The molecule has 122 valence electrons. The Kier molecular flexibility index (Phi) is 4.60. The SMILES string of the molecule is CC(C)(C)[Si](C)(C)OC1=C[C@H](c2cnc(N)nc2)O[C@@H]1CO. The monoisotopic (exact) mass is 323 g/mol. The van der Waals surface area contributed by atoms with Crippen LogP contribution in [0.1, 0.15) is 32.4 Å². The zero-order valence-electron chi connectivity index (χ0n) is 13.8. The van der Waals surface area contributed by atoms with E-state index in [1.165, 1.54) is 0 Å². The van der Waals surface area contributed by atoms with E-state index >= 15 is 0 Å². The number of nitrogen functional groups attached to an aromatic ring is 1. The standard InChI is InChI=1S/C15H25N3O3Si/c1-15(2,3)22(4,5)21-12-6-11(20-13(12)9-19)10-7-17-14(16)18-8-10/h6-8,11,13,19H,9H2,1-5H3,(H2,16,17,18)/t11-,13-/m1/s1. The van der Waals surface area contributed by atoms with Crippen LogP contribution < -0.4 is 5.73 Å². The van der Waals surface area contributed by atoms with Crippen molar-refractivity contribution in [3.8, 4) is 0 Å². The summed E-state index contributed by atoms with van der Waals surface area (Å²) >= 11 is 0. The van der Waals surface area contributed by atoms with Gasteiger partial charge in [-0.2, -0.15) is 0 Å². The van der Waals surface area contributed by atoms with Gasteiger partial charge in [-0.05, 0) is 24.2 Å². The Morgan fingerprint density at radius 1 is 1.32 bits per heavy atom. The van der Waals surface area contributed by atoms with Gasteiger partial charge in [-0.15, -0.1) is 0 Å². The van der Waals surface area contributed by atoms with Crippen molar-refractivity contribution in [1.29, 1.82) is 0 Å². The van der Waals surface area contributed by atoms with Gasteiger partial charge < -0.3 is 20.0 Å². The molecule has 0 unspecified atom stereocenters. The number of hydrogen-bond donors (Lipinski definition) is 2. The molecule has 1 aliphatic heterocycles. The summed E-state index contributed by atoms with van der Waals surface area (Å²) in [6.07, 6.45) is 4.39. The third-order valence-corrected chi connectivity index (χ3v) is 8.67. The van der Waals surface area contributed by atoms with Crippen molar-refractivity contribution in [3.63, 3.8) is 0 Å². The molecule has 2 heterocycles. The molecule has 0 aliphatic carbocycles. The fraction of sp³-hybridized carbons (Fsp3) is 0.600. The molecule has 2 atom stereocenters. The van der Waals surface area contributed by atoms with Crippen molar-refractivity contribution in [1.82, 2.24) is 9.97 Å². The van der Waals surface area contributed by atoms with E-state index in [1.54, 1.807) is 12.4 Å². The summed E-state index contributed by atoms with van der Waals surface area (Å²) < 4.78 is 12.1. The molecular formula is C15H25N3O3Si. The van der Waals surface area contributed by atoms with Gasteiger partial charge in [-0.1, -0.05) is 20.8 Å². The van der Waals surface area contributed by atoms with E-state index in [0.717, 1.165) is 5.56 Å². The highest BCUT2D eigenvalue weighted by atomic mass is 28.4. The Labute approximate surface area is 132 Å². The average molecular weight is 323 g/mol. The highest BCUT2D eigenvalue weighted by Crippen LogP contribution is 2.41. The summed E-state index contributed by atoms with van der Waals surface area (Å²) in [5.74, 6) is 0.929. The largest absolute Gasteiger partial charge is 0.545 e. The van der Waals surface area contributed by atoms with Gasteiger partial charge in [0.1, 0.15) is 18.0 Å². The molecule has 0 bridgehead atoms. The summed E-state index contributed by atoms with van der Waals surface area (Å²) in [6, 6.07) is 0. The fourth-order valence-electron chi connectivity index (χ4n) is 1.89. The smallest absolute Gasteiger partial charge is 0.250 e. The third kappa shape index (κ3) is 3.48. The van der Waals surface area contributed by atoms with Crippen molar-refractivity contribution < 1.29 is 14.3 Å². The number of hydrogen-bond acceptors (Lipinski definition) is 6. The molecule has 0 aromatic carbocycles. The van der Waals surface area contributed by atoms with Gasteiger partial charge in [-0.25, -0.2) is 9.97 Å². The molecule has 7 heteroatoms. The van der Waals surface area contributed by atoms with Gasteiger partial charge in [0, 0.05) is 18.0 Å². The first-order chi connectivity index (χ1) is 10.1. The number of aromatic nitrogens is 2. The van der Waals surface area contributed by atoms with Gasteiger partial charge in [0.2, 0.25) is 14.3 Å². The van der Waals surface area contributed by atoms with Crippen LogP contribution in [0.2, 0.25) is 18.1 Å². The van der Waals surface area contributed by atoms with Crippen LogP contribution in [0.5, 0.6) is 0 Å². The highest BCUT2D eigenvalue weighted by Gasteiger charge is 2.42. The molecule has 1 aliphatic rings. The zero-order chi connectivity index (χ0) is 16.5. The van der Waals surface area contributed by atoms with Crippen molar-refractivity contribution in [2.75, 3.05) is 12.3 Å². The second-order valence-electron chi connectivity index (χ2n) is 7.03. The molecule has 2 rings (SSSR count). The van der Waals surface area contributed by atoms with E-state index in [4.69, 9.17) is 14.9 Å². The first-order valence-electron chi connectivity index (χ1n) is 7.38. The van der Waals surface area contributed by atoms with E-state index < -0.39 is 14.4 Å². The lowest BCUT2D eigenvalue weighted by atomic mass is 10.2. The number of aliphatic hydroxyl groups is 1. The third-order valence-electron chi connectivity index (χ3n) is 4.31. The second kappa shape index (κ2) is 5.98. The Bertz CT molecular complexity index is 552. The molecule has 22 heavy (non-hydrogen) atoms. The molecule has 0 radical (unpaired) electrons. The first-order valence-corrected chi connectivity index (χ1v) is 10.3. The fourth-order valence-corrected chi connectivity index (χ4v) is 2.98. The van der Waals surface area contributed by atoms with Crippen LogP contribution in [0.25, 0.3) is 0 Å². The summed E-state index contributed by atoms with van der Waals surface area (Å²) in [4.78, 5) is 7.95. The number of ether oxygens (including phenoxy) is 1. The normalized spacial score (nSPS) is 22.5. The lowest BCUT2D eigenvalue weighted by Crippen LogP contribution is -2.41. The average Bonchev–Trinajstić information content (AvgIpc) is 2.80. The molecule has 6 nitrogen and oxygen atoms in total. The molecule has 0 fully saturated rings. The molecule has 0 saturated carbocycles. The Morgan fingerprint density at radius 3 is 2.41 bits per heavy atom. The molecule has 0 amide bonds. The second-order valence-corrected chi connectivity index (χ2v) is 11.8. The van der Waals surface area contributed by atoms with Crippen molar-refractivity contribution in [2.24, 2.45) is 0 Å². The maximum absolute atomic E-state index is 9.56. The molecule has 1 aromatic rings. The minimum atomic E-state index is -1.98. The van der Waals surface area contributed by atoms with Crippen molar-refractivity contribution in [2.45, 2.75) is 51.1 Å². The quantitative estimate of drug-likeness (QED) is 0.827. The van der Waals surface area contributed by atoms with Crippen molar-refractivity contribution >= 4 is 14.3 Å². The zero-order valence-corrected chi connectivity index (χ0v) is 14.8. The molecule has 0 saturated heterocycles. The Morgan fingerprint density at radius 2 is 1.91 bits per heavy atom. The van der Waals surface area contributed by atoms with Gasteiger partial charge in [0.15, 0.2) is 0 Å².